The minimum absolute atomic E-state index is 0.150. The Labute approximate surface area is 39.5 Å². The third kappa shape index (κ3) is 0.549. The first kappa shape index (κ1) is 1.73. The summed E-state index contributed by atoms with van der Waals surface area (Å²) < 4.78 is 13.8. The molecule has 0 fully saturated rings. The van der Waals surface area contributed by atoms with Gasteiger partial charge in [0.1, 0.15) is 0 Å². The Kier molecular flexibility index (Phi) is 0.449. The van der Waals surface area contributed by atoms with Crippen LogP contribution in [0, 0.1) is 0 Å². The van der Waals surface area contributed by atoms with Crippen molar-refractivity contribution in [3.05, 3.63) is 30.5 Å². The highest BCUT2D eigenvalue weighted by Crippen LogP contribution is 1.73. The van der Waals surface area contributed by atoms with Crippen molar-refractivity contribution < 1.29 is 2.74 Å². The Hall–Kier alpha value is -0.850. The van der Waals surface area contributed by atoms with Crippen LogP contribution in [0.2, 0.25) is 0 Å². The van der Waals surface area contributed by atoms with Crippen molar-refractivity contribution in [3.8, 4) is 0 Å². The molecule has 0 aliphatic rings. The molecule has 0 atom stereocenters. The minimum atomic E-state index is 0.150. The van der Waals surface area contributed by atoms with E-state index < -0.39 is 0 Å². The van der Waals surface area contributed by atoms with E-state index in [1.807, 2.05) is 0 Å². The number of hydrogen-bond acceptors (Lipinski definition) is 1. The highest BCUT2D eigenvalue weighted by Gasteiger charge is 1.58. The maximum atomic E-state index is 6.90. The van der Waals surface area contributed by atoms with Gasteiger partial charge in [-0.3, -0.25) is 4.98 Å². The van der Waals surface area contributed by atoms with Crippen molar-refractivity contribution in [1.29, 1.82) is 0 Å². The lowest BCUT2D eigenvalue weighted by molar-refractivity contribution is 1.33. The number of rotatable bonds is 0. The maximum absolute atomic E-state index is 6.90. The molecule has 1 heteroatoms. The summed E-state index contributed by atoms with van der Waals surface area (Å²) >= 11 is 0. The van der Waals surface area contributed by atoms with Crippen molar-refractivity contribution in [1.82, 2.24) is 4.98 Å². The molecule has 30 valence electrons. The van der Waals surface area contributed by atoms with E-state index in [-0.39, 0.29) is 12.3 Å². The van der Waals surface area contributed by atoms with Crippen LogP contribution in [-0.2, 0) is 0 Å². The average Bonchev–Trinajstić information content (AvgIpc) is 1.64. The van der Waals surface area contributed by atoms with Crippen LogP contribution in [0.5, 0.6) is 0 Å². The molecule has 1 aromatic rings. The summed E-state index contributed by atoms with van der Waals surface area (Å²) in [5.74, 6) is 0. The molecule has 1 aromatic heterocycles. The predicted octanol–water partition coefficient (Wildman–Crippen LogP) is 1.08. The van der Waals surface area contributed by atoms with E-state index in [0.29, 0.717) is 0 Å². The van der Waals surface area contributed by atoms with Crippen LogP contribution in [0.25, 0.3) is 0 Å². The fourth-order valence-electron chi connectivity index (χ4n) is 0.246. The van der Waals surface area contributed by atoms with Gasteiger partial charge in [0, 0.05) is 12.3 Å². The number of hydrogen-bond donors (Lipinski definition) is 0. The van der Waals surface area contributed by atoms with Gasteiger partial charge in [0.25, 0.3) is 0 Å². The highest BCUT2D eigenvalue weighted by atomic mass is 14.6. The molecule has 0 saturated heterocycles. The van der Waals surface area contributed by atoms with Crippen LogP contribution < -0.4 is 0 Å². The summed E-state index contributed by atoms with van der Waals surface area (Å²) in [7, 11) is 0. The van der Waals surface area contributed by atoms with Crippen molar-refractivity contribution in [2.45, 2.75) is 0 Å². The molecule has 1 heterocycles. The van der Waals surface area contributed by atoms with Crippen molar-refractivity contribution in [2.75, 3.05) is 0 Å². The average molecular weight is 81.1 g/mol. The van der Waals surface area contributed by atoms with Crippen molar-refractivity contribution in [3.63, 3.8) is 0 Å². The van der Waals surface area contributed by atoms with Crippen LogP contribution in [0.3, 0.4) is 0 Å². The third-order valence-electron chi connectivity index (χ3n) is 0.471. The fourth-order valence-corrected chi connectivity index (χ4v) is 0.246. The van der Waals surface area contributed by atoms with E-state index in [9.17, 15) is 0 Å². The predicted molar refractivity (Wildman–Crippen MR) is 24.2 cm³/mol. The molecule has 0 amide bonds. The first-order chi connectivity index (χ1) is 3.79. The Morgan fingerprint density at radius 3 is 2.17 bits per heavy atom. The van der Waals surface area contributed by atoms with Gasteiger partial charge in [-0.05, 0) is 12.1 Å². The van der Waals surface area contributed by atoms with Crippen molar-refractivity contribution in [2.24, 2.45) is 0 Å². The molecular formula is C5H5N. The van der Waals surface area contributed by atoms with Crippen molar-refractivity contribution >= 4 is 0 Å². The molecule has 0 N–H and O–H groups in total. The van der Waals surface area contributed by atoms with E-state index in [0.717, 1.165) is 0 Å². The monoisotopic (exact) mass is 81.1 g/mol. The first-order valence-electron chi connectivity index (χ1n) is 2.69. The topological polar surface area (TPSA) is 12.9 Å². The summed E-state index contributed by atoms with van der Waals surface area (Å²) in [5, 5.41) is 0. The normalized spacial score (nSPS) is 12.7. The highest BCUT2D eigenvalue weighted by molar-refractivity contribution is 4.88. The number of pyridine rings is 1. The smallest absolute Gasteiger partial charge is 0.0840 e. The van der Waals surface area contributed by atoms with E-state index in [1.165, 1.54) is 12.1 Å². The molecule has 6 heavy (non-hydrogen) atoms. The number of aromatic nitrogens is 1. The van der Waals surface area contributed by atoms with Gasteiger partial charge in [0.15, 0.2) is 0 Å². The SMILES string of the molecule is [2H]c1cccc([2H])n1. The lowest BCUT2D eigenvalue weighted by atomic mass is 10.5. The quantitative estimate of drug-likeness (QED) is 0.455. The fraction of sp³-hybridized carbons (Fsp3) is 0. The molecule has 0 unspecified atom stereocenters. The van der Waals surface area contributed by atoms with Crippen LogP contribution >= 0.6 is 0 Å². The second-order valence-corrected chi connectivity index (χ2v) is 0.896. The van der Waals surface area contributed by atoms with E-state index in [4.69, 9.17) is 2.74 Å². The minimum Gasteiger partial charge on any atom is -0.265 e. The molecule has 0 spiro atoms. The van der Waals surface area contributed by atoms with Gasteiger partial charge in [-0.15, -0.1) is 0 Å². The van der Waals surface area contributed by atoms with Gasteiger partial charge >= 0.3 is 0 Å². The molecular weight excluding hydrogens is 74.1 g/mol. The number of nitrogens with zero attached hydrogens (tertiary/aromatic N) is 1. The Morgan fingerprint density at radius 2 is 1.83 bits per heavy atom. The molecule has 0 saturated carbocycles. The molecule has 1 nitrogen and oxygen atoms in total. The summed E-state index contributed by atoms with van der Waals surface area (Å²) in [6.45, 7) is 0. The molecule has 1 rings (SSSR count). The van der Waals surface area contributed by atoms with Crippen LogP contribution in [0.4, 0.5) is 0 Å². The van der Waals surface area contributed by atoms with Gasteiger partial charge in [-0.2, -0.15) is 0 Å². The lowest BCUT2D eigenvalue weighted by Crippen LogP contribution is -1.58. The summed E-state index contributed by atoms with van der Waals surface area (Å²) in [5.41, 5.74) is 0. The van der Waals surface area contributed by atoms with Gasteiger partial charge < -0.3 is 0 Å². The molecule has 0 bridgehead atoms. The zero-order valence-corrected chi connectivity index (χ0v) is 3.18. The van der Waals surface area contributed by atoms with Gasteiger partial charge in [-0.1, -0.05) is 6.07 Å². The van der Waals surface area contributed by atoms with E-state index >= 15 is 0 Å². The van der Waals surface area contributed by atoms with Crippen LogP contribution in [-0.4, -0.2) is 4.98 Å². The Bertz CT molecular complexity index is 170. The second kappa shape index (κ2) is 1.55. The molecule has 0 radical (unpaired) electrons. The zero-order valence-electron chi connectivity index (χ0n) is 5.18. The standard InChI is InChI=1S/C5H5N/c1-2-4-6-5-3-1/h1-5H/i4D,5D. The van der Waals surface area contributed by atoms with E-state index in [2.05, 4.69) is 4.98 Å². The Balaban J connectivity index is 3.08. The summed E-state index contributed by atoms with van der Waals surface area (Å²) in [6, 6.07) is 4.72. The van der Waals surface area contributed by atoms with Gasteiger partial charge in [0.05, 0.1) is 2.74 Å². The Morgan fingerprint density at radius 1 is 1.17 bits per heavy atom. The first-order valence-corrected chi connectivity index (χ1v) is 1.69. The summed E-state index contributed by atoms with van der Waals surface area (Å²) in [4.78, 5) is 3.51. The van der Waals surface area contributed by atoms with Gasteiger partial charge in [0.2, 0.25) is 0 Å². The zero-order chi connectivity index (χ0) is 5.98. The summed E-state index contributed by atoms with van der Waals surface area (Å²) in [6.07, 6.45) is 0.301. The second-order valence-electron chi connectivity index (χ2n) is 0.896. The lowest BCUT2D eigenvalue weighted by Gasteiger charge is -1.70. The van der Waals surface area contributed by atoms with Gasteiger partial charge in [-0.25, -0.2) is 0 Å². The maximum Gasteiger partial charge on any atom is 0.0840 e. The van der Waals surface area contributed by atoms with Crippen LogP contribution in [0.15, 0.2) is 30.5 Å². The molecule has 0 aliphatic heterocycles. The third-order valence-corrected chi connectivity index (χ3v) is 0.471. The molecule has 0 aliphatic carbocycles. The largest absolute Gasteiger partial charge is 0.265 e. The molecule has 0 aromatic carbocycles. The van der Waals surface area contributed by atoms with Crippen LogP contribution in [0.1, 0.15) is 2.74 Å². The van der Waals surface area contributed by atoms with E-state index in [1.54, 1.807) is 6.07 Å².